The fourth-order valence-corrected chi connectivity index (χ4v) is 2.73. The second kappa shape index (κ2) is 6.53. The van der Waals surface area contributed by atoms with E-state index in [1.165, 1.54) is 11.3 Å². The quantitative estimate of drug-likeness (QED) is 0.690. The monoisotopic (exact) mass is 318 g/mol. The largest absolute Gasteiger partial charge is 0.323 e. The topological polar surface area (TPSA) is 70.0 Å². The number of para-hydroxylation sites is 1. The molecule has 0 unspecified atom stereocenters. The summed E-state index contributed by atoms with van der Waals surface area (Å²) in [7, 11) is 0. The summed E-state index contributed by atoms with van der Waals surface area (Å²) in [6, 6.07) is 11.8. The van der Waals surface area contributed by atoms with Crippen LogP contribution in [-0.2, 0) is 4.79 Å². The molecule has 1 amide bonds. The number of nitriles is 1. The van der Waals surface area contributed by atoms with E-state index in [4.69, 9.17) is 16.9 Å². The summed E-state index contributed by atoms with van der Waals surface area (Å²) in [5.74, 6) is -2.57. The van der Waals surface area contributed by atoms with E-state index < -0.39 is 17.6 Å². The lowest BCUT2D eigenvalue weighted by molar-refractivity contribution is -0.117. The molecule has 0 fully saturated rings. The molecule has 0 radical (unpaired) electrons. The fourth-order valence-electron chi connectivity index (χ4n) is 1.71. The van der Waals surface area contributed by atoms with Crippen molar-refractivity contribution in [1.29, 1.82) is 5.26 Å². The molecule has 6 heteroatoms. The van der Waals surface area contributed by atoms with Gasteiger partial charge in [0.15, 0.2) is 11.7 Å². The van der Waals surface area contributed by atoms with Crippen LogP contribution in [0, 0.1) is 24.2 Å². The molecule has 0 saturated carbocycles. The van der Waals surface area contributed by atoms with Gasteiger partial charge in [-0.1, -0.05) is 23.7 Å². The van der Waals surface area contributed by atoms with Crippen molar-refractivity contribution in [2.45, 2.75) is 6.92 Å². The normalized spacial score (nSPS) is 11.5. The molecule has 2 rings (SSSR count). The number of nitrogens with zero attached hydrogens (tertiary/aromatic N) is 1. The minimum Gasteiger partial charge on any atom is -0.323 e. The predicted octanol–water partition coefficient (Wildman–Crippen LogP) is 3.67. The van der Waals surface area contributed by atoms with Gasteiger partial charge in [0.1, 0.15) is 0 Å². The first-order valence-electron chi connectivity index (χ1n) is 6.08. The van der Waals surface area contributed by atoms with Gasteiger partial charge in [-0.3, -0.25) is 9.59 Å². The molecule has 1 aromatic carbocycles. The molecule has 1 heterocycles. The third-order valence-electron chi connectivity index (χ3n) is 2.77. The Morgan fingerprint density at radius 3 is 2.57 bits per heavy atom. The van der Waals surface area contributed by atoms with Crippen LogP contribution in [0.1, 0.15) is 14.5 Å². The maximum Gasteiger partial charge on any atom is 0.249 e. The highest BCUT2D eigenvalue weighted by Gasteiger charge is 2.28. The maximum absolute atomic E-state index is 12.2. The maximum atomic E-state index is 12.2. The summed E-state index contributed by atoms with van der Waals surface area (Å²) in [6.45, 7) is 1.85. The average Bonchev–Trinajstić information content (AvgIpc) is 2.89. The number of ketones is 1. The molecule has 1 atom stereocenters. The summed E-state index contributed by atoms with van der Waals surface area (Å²) in [4.78, 5) is 25.7. The molecule has 2 aromatic rings. The Bertz CT molecular complexity index is 733. The number of hydrogen-bond donors (Lipinski definition) is 1. The molecule has 0 bridgehead atoms. The molecule has 0 aliphatic rings. The van der Waals surface area contributed by atoms with E-state index in [0.29, 0.717) is 15.6 Å². The number of Topliss-reactive ketones (excluding diaryl/α,β-unsaturated/α-hetero) is 1. The van der Waals surface area contributed by atoms with Gasteiger partial charge in [0, 0.05) is 4.88 Å². The molecule has 0 saturated heterocycles. The number of benzene rings is 1. The number of hydrogen-bond acceptors (Lipinski definition) is 4. The van der Waals surface area contributed by atoms with E-state index in [2.05, 4.69) is 5.32 Å². The fraction of sp³-hybridized carbons (Fsp3) is 0.133. The summed E-state index contributed by atoms with van der Waals surface area (Å²) in [5, 5.41) is 12.0. The van der Waals surface area contributed by atoms with Gasteiger partial charge in [0.05, 0.1) is 21.7 Å². The SMILES string of the molecule is Cc1ccc(C(=O)[C@H](C#N)C(=O)Nc2ccccc2Cl)s1. The van der Waals surface area contributed by atoms with Crippen LogP contribution in [0.2, 0.25) is 5.02 Å². The highest BCUT2D eigenvalue weighted by Crippen LogP contribution is 2.23. The number of thiophene rings is 1. The number of halogens is 1. The van der Waals surface area contributed by atoms with Gasteiger partial charge in [-0.05, 0) is 31.2 Å². The molecule has 106 valence electrons. The summed E-state index contributed by atoms with van der Waals surface area (Å²) in [6.07, 6.45) is 0. The van der Waals surface area contributed by atoms with Crippen LogP contribution < -0.4 is 5.32 Å². The number of rotatable bonds is 4. The lowest BCUT2D eigenvalue weighted by Crippen LogP contribution is -2.28. The average molecular weight is 319 g/mol. The molecule has 0 aliphatic heterocycles. The first kappa shape index (κ1) is 15.2. The Kier molecular flexibility index (Phi) is 4.73. The number of nitrogens with one attached hydrogen (secondary N) is 1. The smallest absolute Gasteiger partial charge is 0.249 e. The molecule has 0 spiro atoms. The van der Waals surface area contributed by atoms with E-state index in [9.17, 15) is 9.59 Å². The van der Waals surface area contributed by atoms with Crippen LogP contribution in [0.25, 0.3) is 0 Å². The van der Waals surface area contributed by atoms with Gasteiger partial charge in [-0.25, -0.2) is 0 Å². The lowest BCUT2D eigenvalue weighted by Gasteiger charge is -2.09. The van der Waals surface area contributed by atoms with E-state index in [1.54, 1.807) is 42.5 Å². The Balaban J connectivity index is 2.18. The van der Waals surface area contributed by atoms with Crippen LogP contribution in [0.4, 0.5) is 5.69 Å². The standard InChI is InChI=1S/C15H11ClN2O2S/c1-9-6-7-13(21-9)14(19)10(8-17)15(20)18-12-5-3-2-4-11(12)16/h2-7,10H,1H3,(H,18,20)/t10-/m0/s1. The third-order valence-corrected chi connectivity index (χ3v) is 4.11. The zero-order valence-electron chi connectivity index (χ0n) is 11.1. The molecule has 1 aromatic heterocycles. The van der Waals surface area contributed by atoms with Crippen molar-refractivity contribution < 1.29 is 9.59 Å². The molecule has 1 N–H and O–H groups in total. The molecule has 0 aliphatic carbocycles. The van der Waals surface area contributed by atoms with Crippen molar-refractivity contribution in [1.82, 2.24) is 0 Å². The van der Waals surface area contributed by atoms with Crippen molar-refractivity contribution in [2.24, 2.45) is 5.92 Å². The number of amides is 1. The number of carbonyl (C=O) groups is 2. The van der Waals surface area contributed by atoms with Gasteiger partial charge >= 0.3 is 0 Å². The van der Waals surface area contributed by atoms with E-state index in [-0.39, 0.29) is 0 Å². The van der Waals surface area contributed by atoms with Gasteiger partial charge in [0.2, 0.25) is 5.91 Å². The zero-order valence-corrected chi connectivity index (χ0v) is 12.7. The highest BCUT2D eigenvalue weighted by atomic mass is 35.5. The van der Waals surface area contributed by atoms with Gasteiger partial charge < -0.3 is 5.32 Å². The predicted molar refractivity (Wildman–Crippen MR) is 82.6 cm³/mol. The van der Waals surface area contributed by atoms with Crippen LogP contribution in [-0.4, -0.2) is 11.7 Å². The van der Waals surface area contributed by atoms with Crippen molar-refractivity contribution >= 4 is 40.3 Å². The second-order valence-corrected chi connectivity index (χ2v) is 6.00. The minimum absolute atomic E-state index is 0.349. The molecular weight excluding hydrogens is 308 g/mol. The Morgan fingerprint density at radius 1 is 1.29 bits per heavy atom. The Labute approximate surface area is 131 Å². The number of aryl methyl sites for hydroxylation is 1. The van der Waals surface area contributed by atoms with Gasteiger partial charge in [0.25, 0.3) is 0 Å². The van der Waals surface area contributed by atoms with E-state index >= 15 is 0 Å². The third kappa shape index (κ3) is 3.48. The first-order chi connectivity index (χ1) is 10.0. The Morgan fingerprint density at radius 2 is 2.00 bits per heavy atom. The van der Waals surface area contributed by atoms with Crippen LogP contribution >= 0.6 is 22.9 Å². The summed E-state index contributed by atoms with van der Waals surface area (Å²) >= 11 is 7.20. The van der Waals surface area contributed by atoms with Crippen LogP contribution in [0.5, 0.6) is 0 Å². The van der Waals surface area contributed by atoms with Crippen LogP contribution in [0.3, 0.4) is 0 Å². The summed E-state index contributed by atoms with van der Waals surface area (Å²) in [5.41, 5.74) is 0.375. The number of anilines is 1. The number of carbonyl (C=O) groups excluding carboxylic acids is 2. The second-order valence-electron chi connectivity index (χ2n) is 4.31. The Hall–Kier alpha value is -2.16. The molecular formula is C15H11ClN2O2S. The van der Waals surface area contributed by atoms with Crippen LogP contribution in [0.15, 0.2) is 36.4 Å². The van der Waals surface area contributed by atoms with Crippen molar-refractivity contribution in [3.63, 3.8) is 0 Å². The molecule has 4 nitrogen and oxygen atoms in total. The van der Waals surface area contributed by atoms with Crippen molar-refractivity contribution in [3.8, 4) is 6.07 Å². The van der Waals surface area contributed by atoms with Crippen molar-refractivity contribution in [3.05, 3.63) is 51.2 Å². The van der Waals surface area contributed by atoms with E-state index in [1.807, 2.05) is 6.92 Å². The highest BCUT2D eigenvalue weighted by molar-refractivity contribution is 7.14. The first-order valence-corrected chi connectivity index (χ1v) is 7.28. The van der Waals surface area contributed by atoms with Gasteiger partial charge in [-0.2, -0.15) is 5.26 Å². The van der Waals surface area contributed by atoms with Gasteiger partial charge in [-0.15, -0.1) is 11.3 Å². The van der Waals surface area contributed by atoms with E-state index in [0.717, 1.165) is 4.88 Å². The minimum atomic E-state index is -1.39. The zero-order chi connectivity index (χ0) is 15.4. The van der Waals surface area contributed by atoms with Crippen molar-refractivity contribution in [2.75, 3.05) is 5.32 Å². The lowest BCUT2D eigenvalue weighted by atomic mass is 10.0. The summed E-state index contributed by atoms with van der Waals surface area (Å²) < 4.78 is 0. The molecule has 21 heavy (non-hydrogen) atoms.